The Bertz CT molecular complexity index is 1150. The van der Waals surface area contributed by atoms with Crippen LogP contribution in [0.3, 0.4) is 0 Å². The number of nitrogens with one attached hydrogen (secondary N) is 1. The average molecular weight is 480 g/mol. The van der Waals surface area contributed by atoms with Crippen molar-refractivity contribution in [3.63, 3.8) is 0 Å². The van der Waals surface area contributed by atoms with Crippen molar-refractivity contribution in [2.45, 2.75) is 18.6 Å². The normalized spacial score (nSPS) is 12.2. The summed E-state index contributed by atoms with van der Waals surface area (Å²) in [7, 11) is 2.84. The van der Waals surface area contributed by atoms with Crippen LogP contribution in [0.15, 0.2) is 47.8 Å². The molecule has 0 aliphatic heterocycles. The first-order chi connectivity index (χ1) is 15.6. The van der Waals surface area contributed by atoms with Crippen LogP contribution < -0.4 is 14.8 Å². The lowest BCUT2D eigenvalue weighted by Crippen LogP contribution is -2.30. The van der Waals surface area contributed by atoms with Gasteiger partial charge >= 0.3 is 12.1 Å². The Morgan fingerprint density at radius 3 is 2.39 bits per heavy atom. The van der Waals surface area contributed by atoms with Gasteiger partial charge in [0.1, 0.15) is 10.7 Å². The molecule has 0 fully saturated rings. The van der Waals surface area contributed by atoms with Gasteiger partial charge in [0.25, 0.3) is 5.91 Å². The first-order valence-corrected chi connectivity index (χ1v) is 10.4. The Morgan fingerprint density at radius 1 is 1.12 bits per heavy atom. The van der Waals surface area contributed by atoms with E-state index in [1.807, 2.05) is 0 Å². The number of aliphatic carboxylic acids is 1. The lowest BCUT2D eigenvalue weighted by atomic mass is 10.0. The van der Waals surface area contributed by atoms with E-state index in [0.717, 1.165) is 23.5 Å². The maximum absolute atomic E-state index is 12.8. The monoisotopic (exact) mass is 480 g/mol. The van der Waals surface area contributed by atoms with Crippen molar-refractivity contribution in [2.24, 2.45) is 0 Å². The van der Waals surface area contributed by atoms with E-state index < -0.39 is 36.1 Å². The van der Waals surface area contributed by atoms with Gasteiger partial charge in [-0.25, -0.2) is 4.98 Å². The lowest BCUT2D eigenvalue weighted by molar-refractivity contribution is -0.138. The Balaban J connectivity index is 1.84. The van der Waals surface area contributed by atoms with Crippen molar-refractivity contribution >= 4 is 23.2 Å². The summed E-state index contributed by atoms with van der Waals surface area (Å²) < 4.78 is 48.9. The molecule has 11 heteroatoms. The van der Waals surface area contributed by atoms with Gasteiger partial charge in [-0.2, -0.15) is 13.2 Å². The van der Waals surface area contributed by atoms with Gasteiger partial charge in [0.05, 0.1) is 32.2 Å². The molecule has 0 saturated carbocycles. The third-order valence-corrected chi connectivity index (χ3v) is 5.58. The molecule has 0 unspecified atom stereocenters. The van der Waals surface area contributed by atoms with Crippen LogP contribution in [0.25, 0.3) is 10.6 Å². The third-order valence-electron chi connectivity index (χ3n) is 4.69. The molecule has 2 N–H and O–H groups in total. The molecule has 2 aromatic carbocycles. The molecule has 0 saturated heterocycles. The molecule has 0 aliphatic carbocycles. The summed E-state index contributed by atoms with van der Waals surface area (Å²) in [6.07, 6.45) is -4.88. The highest BCUT2D eigenvalue weighted by molar-refractivity contribution is 7.13. The summed E-state index contributed by atoms with van der Waals surface area (Å²) in [5.41, 5.74) is 0.0473. The van der Waals surface area contributed by atoms with Gasteiger partial charge in [-0.15, -0.1) is 11.3 Å². The summed E-state index contributed by atoms with van der Waals surface area (Å²) in [6, 6.07) is 8.38. The van der Waals surface area contributed by atoms with E-state index in [1.165, 1.54) is 31.7 Å². The molecule has 1 atom stereocenters. The van der Waals surface area contributed by atoms with Crippen LogP contribution in [-0.2, 0) is 11.0 Å². The molecule has 1 heterocycles. The number of amides is 1. The highest BCUT2D eigenvalue weighted by Crippen LogP contribution is 2.36. The lowest BCUT2D eigenvalue weighted by Gasteiger charge is -2.21. The average Bonchev–Trinajstić information content (AvgIpc) is 3.27. The van der Waals surface area contributed by atoms with E-state index in [-0.39, 0.29) is 11.4 Å². The van der Waals surface area contributed by atoms with E-state index in [2.05, 4.69) is 10.3 Å². The molecule has 174 valence electrons. The first kappa shape index (κ1) is 24.1. The number of ether oxygens (including phenoxy) is 2. The number of rotatable bonds is 8. The summed E-state index contributed by atoms with van der Waals surface area (Å²) in [5.74, 6) is -1.12. The maximum atomic E-state index is 12.8. The number of hydrogen-bond acceptors (Lipinski definition) is 6. The molecule has 3 aromatic rings. The predicted octanol–water partition coefficient (Wildman–Crippen LogP) is 4.79. The Kier molecular flexibility index (Phi) is 7.22. The number of carbonyl (C=O) groups is 2. The Labute approximate surface area is 190 Å². The maximum Gasteiger partial charge on any atom is 0.416 e. The van der Waals surface area contributed by atoms with Crippen molar-refractivity contribution in [3.8, 4) is 22.1 Å². The summed E-state index contributed by atoms with van der Waals surface area (Å²) in [4.78, 5) is 28.4. The summed E-state index contributed by atoms with van der Waals surface area (Å²) in [5, 5.41) is 13.8. The molecular formula is C22H19F3N2O5S. The minimum Gasteiger partial charge on any atom is -0.493 e. The standard InChI is InChI=1S/C22H19F3N2O5S/c1-31-17-5-3-4-14(19(17)32-2)15(10-18(28)29)26-20(30)16-11-33-21(27-16)12-6-8-13(9-7-12)22(23,24)25/h3-9,11,15H,10H2,1-2H3,(H,26,30)(H,28,29)/t15-/m0/s1. The number of hydrogen-bond donors (Lipinski definition) is 2. The van der Waals surface area contributed by atoms with E-state index in [9.17, 15) is 27.9 Å². The number of carboxylic acid groups (broad SMARTS) is 1. The molecular weight excluding hydrogens is 461 g/mol. The number of aromatic nitrogens is 1. The highest BCUT2D eigenvalue weighted by atomic mass is 32.1. The zero-order valence-corrected chi connectivity index (χ0v) is 18.3. The van der Waals surface area contributed by atoms with E-state index in [0.29, 0.717) is 21.9 Å². The van der Waals surface area contributed by atoms with Crippen LogP contribution in [-0.4, -0.2) is 36.2 Å². The predicted molar refractivity (Wildman–Crippen MR) is 115 cm³/mol. The smallest absolute Gasteiger partial charge is 0.416 e. The van der Waals surface area contributed by atoms with Crippen molar-refractivity contribution in [2.75, 3.05) is 14.2 Å². The number of carbonyl (C=O) groups excluding carboxylic acids is 1. The molecule has 0 spiro atoms. The second-order valence-electron chi connectivity index (χ2n) is 6.82. The number of alkyl halides is 3. The number of thiazole rings is 1. The molecule has 0 aliphatic rings. The highest BCUT2D eigenvalue weighted by Gasteiger charge is 2.30. The summed E-state index contributed by atoms with van der Waals surface area (Å²) >= 11 is 1.08. The number of methoxy groups -OCH3 is 2. The number of carboxylic acids is 1. The zero-order valence-electron chi connectivity index (χ0n) is 17.5. The van der Waals surface area contributed by atoms with Crippen LogP contribution in [0.4, 0.5) is 13.2 Å². The van der Waals surface area contributed by atoms with Crippen molar-refractivity contribution in [3.05, 3.63) is 64.7 Å². The van der Waals surface area contributed by atoms with E-state index in [1.54, 1.807) is 18.2 Å². The minimum absolute atomic E-state index is 0.00662. The third kappa shape index (κ3) is 5.61. The SMILES string of the molecule is COc1cccc([C@H](CC(=O)O)NC(=O)c2csc(-c3ccc(C(F)(F)F)cc3)n2)c1OC. The number of benzene rings is 2. The quantitative estimate of drug-likeness (QED) is 0.481. The molecule has 3 rings (SSSR count). The molecule has 0 radical (unpaired) electrons. The van der Waals surface area contributed by atoms with Gasteiger partial charge in [0, 0.05) is 16.5 Å². The number of para-hydroxylation sites is 1. The molecule has 33 heavy (non-hydrogen) atoms. The number of nitrogens with zero attached hydrogens (tertiary/aromatic N) is 1. The van der Waals surface area contributed by atoms with Crippen LogP contribution in [0.2, 0.25) is 0 Å². The second kappa shape index (κ2) is 9.90. The van der Waals surface area contributed by atoms with Crippen LogP contribution in [0, 0.1) is 0 Å². The molecule has 7 nitrogen and oxygen atoms in total. The fourth-order valence-electron chi connectivity index (χ4n) is 3.14. The topological polar surface area (TPSA) is 97.8 Å². The van der Waals surface area contributed by atoms with Gasteiger partial charge in [0.15, 0.2) is 11.5 Å². The van der Waals surface area contributed by atoms with Crippen LogP contribution >= 0.6 is 11.3 Å². The minimum atomic E-state index is -4.45. The van der Waals surface area contributed by atoms with Gasteiger partial charge in [-0.05, 0) is 18.2 Å². The van der Waals surface area contributed by atoms with Crippen LogP contribution in [0.5, 0.6) is 11.5 Å². The van der Waals surface area contributed by atoms with Crippen molar-refractivity contribution in [1.82, 2.24) is 10.3 Å². The molecule has 1 aromatic heterocycles. The number of halogens is 3. The van der Waals surface area contributed by atoms with Gasteiger partial charge in [-0.3, -0.25) is 9.59 Å². The fraction of sp³-hybridized carbons (Fsp3) is 0.227. The van der Waals surface area contributed by atoms with E-state index in [4.69, 9.17) is 9.47 Å². The first-order valence-electron chi connectivity index (χ1n) is 9.50. The Hall–Kier alpha value is -3.60. The zero-order chi connectivity index (χ0) is 24.2. The Morgan fingerprint density at radius 2 is 1.82 bits per heavy atom. The van der Waals surface area contributed by atoms with Gasteiger partial charge < -0.3 is 19.9 Å². The molecule has 0 bridgehead atoms. The van der Waals surface area contributed by atoms with Crippen LogP contribution in [0.1, 0.15) is 34.1 Å². The fourth-order valence-corrected chi connectivity index (χ4v) is 3.95. The van der Waals surface area contributed by atoms with Crippen molar-refractivity contribution in [1.29, 1.82) is 0 Å². The summed E-state index contributed by atoms with van der Waals surface area (Å²) in [6.45, 7) is 0. The van der Waals surface area contributed by atoms with Gasteiger partial charge in [0.2, 0.25) is 0 Å². The van der Waals surface area contributed by atoms with E-state index >= 15 is 0 Å². The molecule has 1 amide bonds. The largest absolute Gasteiger partial charge is 0.493 e. The van der Waals surface area contributed by atoms with Crippen molar-refractivity contribution < 1.29 is 37.3 Å². The van der Waals surface area contributed by atoms with Gasteiger partial charge in [-0.1, -0.05) is 24.3 Å². The second-order valence-corrected chi connectivity index (χ2v) is 7.68.